The average Bonchev–Trinajstić information content (AvgIpc) is 1.98. The molecule has 0 radical (unpaired) electrons. The Morgan fingerprint density at radius 1 is 1.46 bits per heavy atom. The van der Waals surface area contributed by atoms with E-state index in [1.807, 2.05) is 13.8 Å². The fourth-order valence-corrected chi connectivity index (χ4v) is 1.50. The van der Waals surface area contributed by atoms with Gasteiger partial charge < -0.3 is 5.32 Å². The molecule has 0 fully saturated rings. The molecule has 0 heterocycles. The highest BCUT2D eigenvalue weighted by Crippen LogP contribution is 2.03. The van der Waals surface area contributed by atoms with Crippen LogP contribution in [0.5, 0.6) is 0 Å². The average molecular weight is 199 g/mol. The normalized spacial score (nSPS) is 11.9. The third-order valence-corrected chi connectivity index (χ3v) is 1.83. The van der Waals surface area contributed by atoms with Gasteiger partial charge in [-0.25, -0.2) is 0 Å². The minimum absolute atomic E-state index is 0.271. The Morgan fingerprint density at radius 3 is 2.46 bits per heavy atom. The molecule has 0 bridgehead atoms. The molecule has 0 amide bonds. The third-order valence-electron chi connectivity index (χ3n) is 1.06. The van der Waals surface area contributed by atoms with Gasteiger partial charge in [-0.1, -0.05) is 11.8 Å². The Hall–Kier alpha value is -0.690. The van der Waals surface area contributed by atoms with Gasteiger partial charge in [-0.3, -0.25) is 4.99 Å². The lowest BCUT2D eigenvalue weighted by Gasteiger charge is -2.12. The molecule has 13 heavy (non-hydrogen) atoms. The molecule has 0 saturated heterocycles. The summed E-state index contributed by atoms with van der Waals surface area (Å²) < 4.78 is 0. The second kappa shape index (κ2) is 6.79. The van der Waals surface area contributed by atoms with Crippen LogP contribution in [0.25, 0.3) is 0 Å². The minimum atomic E-state index is 0.271. The van der Waals surface area contributed by atoms with E-state index >= 15 is 0 Å². The maximum absolute atomic E-state index is 8.43. The Labute approximate surface area is 84.6 Å². The summed E-state index contributed by atoms with van der Waals surface area (Å²) in [5, 5.41) is 12.5. The summed E-state index contributed by atoms with van der Waals surface area (Å²) in [4.78, 5) is 4.37. The number of rotatable bonds is 3. The first-order valence-corrected chi connectivity index (χ1v) is 5.39. The van der Waals surface area contributed by atoms with Crippen molar-refractivity contribution in [2.45, 2.75) is 39.8 Å². The predicted octanol–water partition coefficient (Wildman–Crippen LogP) is 2.01. The topological polar surface area (TPSA) is 48.2 Å². The number of aliphatic imine (C=N–C) groups is 1. The molecule has 74 valence electrons. The fraction of sp³-hybridized carbons (Fsp3) is 0.778. The molecule has 0 atom stereocenters. The number of amidine groups is 1. The van der Waals surface area contributed by atoms with Crippen LogP contribution < -0.4 is 5.32 Å². The monoisotopic (exact) mass is 199 g/mol. The van der Waals surface area contributed by atoms with Crippen molar-refractivity contribution in [3.05, 3.63) is 0 Å². The largest absolute Gasteiger partial charge is 0.363 e. The van der Waals surface area contributed by atoms with E-state index in [-0.39, 0.29) is 6.04 Å². The first kappa shape index (κ1) is 12.3. The van der Waals surface area contributed by atoms with E-state index in [4.69, 9.17) is 5.26 Å². The van der Waals surface area contributed by atoms with Crippen molar-refractivity contribution < 1.29 is 0 Å². The van der Waals surface area contributed by atoms with Gasteiger partial charge in [-0.05, 0) is 27.7 Å². The van der Waals surface area contributed by atoms with Crippen molar-refractivity contribution in [1.29, 1.82) is 5.26 Å². The molecule has 0 aromatic carbocycles. The standard InChI is InChI=1S/C9H17N3S/c1-7(2)11-9(12-8(3)4)13-6-5-10/h7-8H,6H2,1-4H3,(H,11,12). The SMILES string of the molecule is CC(C)N=C(NC(C)C)SCC#N. The summed E-state index contributed by atoms with van der Waals surface area (Å²) in [6, 6.07) is 2.72. The van der Waals surface area contributed by atoms with E-state index in [0.29, 0.717) is 11.8 Å². The molecule has 0 aliphatic heterocycles. The predicted molar refractivity (Wildman–Crippen MR) is 58.9 cm³/mol. The Morgan fingerprint density at radius 2 is 2.08 bits per heavy atom. The summed E-state index contributed by atoms with van der Waals surface area (Å²) in [7, 11) is 0. The number of nitrogens with zero attached hydrogens (tertiary/aromatic N) is 2. The van der Waals surface area contributed by atoms with Crippen LogP contribution in [0.1, 0.15) is 27.7 Å². The van der Waals surface area contributed by atoms with Crippen LogP contribution in [0.2, 0.25) is 0 Å². The van der Waals surface area contributed by atoms with E-state index in [2.05, 4.69) is 30.2 Å². The zero-order valence-electron chi connectivity index (χ0n) is 8.66. The Kier molecular flexibility index (Phi) is 6.43. The summed E-state index contributed by atoms with van der Waals surface area (Å²) in [5.41, 5.74) is 0. The van der Waals surface area contributed by atoms with Crippen molar-refractivity contribution in [3.63, 3.8) is 0 Å². The van der Waals surface area contributed by atoms with Crippen LogP contribution in [0.4, 0.5) is 0 Å². The zero-order chi connectivity index (χ0) is 10.3. The maximum Gasteiger partial charge on any atom is 0.158 e. The molecule has 0 aliphatic carbocycles. The summed E-state index contributed by atoms with van der Waals surface area (Å²) in [5.74, 6) is 0.450. The number of hydrogen-bond donors (Lipinski definition) is 1. The highest BCUT2D eigenvalue weighted by molar-refractivity contribution is 8.14. The maximum atomic E-state index is 8.43. The van der Waals surface area contributed by atoms with Crippen LogP contribution in [0, 0.1) is 11.3 Å². The van der Waals surface area contributed by atoms with Crippen LogP contribution in [-0.2, 0) is 0 Å². The molecule has 3 nitrogen and oxygen atoms in total. The summed E-state index contributed by atoms with van der Waals surface area (Å²) >= 11 is 1.46. The fourth-order valence-electron chi connectivity index (χ4n) is 0.698. The van der Waals surface area contributed by atoms with Gasteiger partial charge in [0.2, 0.25) is 0 Å². The second-order valence-electron chi connectivity index (χ2n) is 3.27. The van der Waals surface area contributed by atoms with Gasteiger partial charge in [0.1, 0.15) is 0 Å². The van der Waals surface area contributed by atoms with Crippen LogP contribution in [0.3, 0.4) is 0 Å². The molecule has 0 unspecified atom stereocenters. The quantitative estimate of drug-likeness (QED) is 0.558. The summed E-state index contributed by atoms with van der Waals surface area (Å²) in [6.07, 6.45) is 0. The van der Waals surface area contributed by atoms with E-state index in [9.17, 15) is 0 Å². The zero-order valence-corrected chi connectivity index (χ0v) is 9.48. The molecule has 0 spiro atoms. The van der Waals surface area contributed by atoms with E-state index in [1.54, 1.807) is 0 Å². The Bertz CT molecular complexity index is 203. The third kappa shape index (κ3) is 7.66. The van der Waals surface area contributed by atoms with E-state index in [1.165, 1.54) is 11.8 Å². The molecule has 4 heteroatoms. The molecule has 0 aliphatic rings. The van der Waals surface area contributed by atoms with Crippen LogP contribution >= 0.6 is 11.8 Å². The molecular formula is C9H17N3S. The molecule has 0 aromatic heterocycles. The first-order valence-electron chi connectivity index (χ1n) is 4.40. The first-order chi connectivity index (χ1) is 6.06. The number of nitrogens with one attached hydrogen (secondary N) is 1. The van der Waals surface area contributed by atoms with Crippen molar-refractivity contribution >= 4 is 16.9 Å². The lowest BCUT2D eigenvalue weighted by atomic mass is 10.4. The molecule has 0 aromatic rings. The minimum Gasteiger partial charge on any atom is -0.363 e. The van der Waals surface area contributed by atoms with Gasteiger partial charge in [0.15, 0.2) is 5.17 Å². The van der Waals surface area contributed by atoms with Crippen LogP contribution in [-0.4, -0.2) is 23.0 Å². The highest BCUT2D eigenvalue weighted by Gasteiger charge is 2.02. The van der Waals surface area contributed by atoms with E-state index < -0.39 is 0 Å². The lowest BCUT2D eigenvalue weighted by molar-refractivity contribution is 0.728. The van der Waals surface area contributed by atoms with Gasteiger partial charge >= 0.3 is 0 Å². The van der Waals surface area contributed by atoms with E-state index in [0.717, 1.165) is 5.17 Å². The number of hydrogen-bond acceptors (Lipinski definition) is 3. The van der Waals surface area contributed by atoms with Gasteiger partial charge in [-0.2, -0.15) is 5.26 Å². The van der Waals surface area contributed by atoms with Crippen molar-refractivity contribution in [3.8, 4) is 6.07 Å². The second-order valence-corrected chi connectivity index (χ2v) is 4.24. The number of thioether (sulfide) groups is 1. The highest BCUT2D eigenvalue weighted by atomic mass is 32.2. The van der Waals surface area contributed by atoms with Gasteiger partial charge in [0.25, 0.3) is 0 Å². The van der Waals surface area contributed by atoms with Crippen molar-refractivity contribution in [2.75, 3.05) is 5.75 Å². The molecule has 0 rings (SSSR count). The molecular weight excluding hydrogens is 182 g/mol. The van der Waals surface area contributed by atoms with Gasteiger partial charge in [0.05, 0.1) is 11.8 Å². The molecule has 0 saturated carbocycles. The van der Waals surface area contributed by atoms with Crippen molar-refractivity contribution in [1.82, 2.24) is 5.32 Å². The molecule has 1 N–H and O–H groups in total. The Balaban J connectivity index is 4.12. The van der Waals surface area contributed by atoms with Crippen molar-refractivity contribution in [2.24, 2.45) is 4.99 Å². The smallest absolute Gasteiger partial charge is 0.158 e. The number of nitriles is 1. The lowest BCUT2D eigenvalue weighted by Crippen LogP contribution is -2.29. The van der Waals surface area contributed by atoms with Gasteiger partial charge in [0, 0.05) is 12.1 Å². The van der Waals surface area contributed by atoms with Crippen LogP contribution in [0.15, 0.2) is 4.99 Å². The summed E-state index contributed by atoms with van der Waals surface area (Å²) in [6.45, 7) is 8.16. The van der Waals surface area contributed by atoms with Gasteiger partial charge in [-0.15, -0.1) is 0 Å².